The zero-order valence-electron chi connectivity index (χ0n) is 16.6. The molecule has 7 heteroatoms. The molecule has 0 aromatic carbocycles. The summed E-state index contributed by atoms with van der Waals surface area (Å²) in [7, 11) is 0. The van der Waals surface area contributed by atoms with Gasteiger partial charge in [-0.25, -0.2) is 4.79 Å². The number of amides is 2. The fourth-order valence-corrected chi connectivity index (χ4v) is 2.53. The summed E-state index contributed by atoms with van der Waals surface area (Å²) in [5.74, 6) is 0.277. The summed E-state index contributed by atoms with van der Waals surface area (Å²) in [4.78, 5) is 25.8. The van der Waals surface area contributed by atoms with E-state index in [9.17, 15) is 9.59 Å². The topological polar surface area (TPSA) is 88.1 Å². The van der Waals surface area contributed by atoms with Crippen LogP contribution in [-0.4, -0.2) is 60.6 Å². The molecular formula is C18H36N2O5. The van der Waals surface area contributed by atoms with E-state index in [0.29, 0.717) is 38.6 Å². The van der Waals surface area contributed by atoms with Gasteiger partial charge < -0.3 is 24.8 Å². The van der Waals surface area contributed by atoms with E-state index < -0.39 is 18.4 Å². The van der Waals surface area contributed by atoms with Crippen LogP contribution in [0, 0.1) is 11.8 Å². The molecule has 2 N–H and O–H groups in total. The third-order valence-electron chi connectivity index (χ3n) is 3.92. The van der Waals surface area contributed by atoms with E-state index in [1.54, 1.807) is 4.90 Å². The first-order chi connectivity index (χ1) is 11.7. The number of carbonyl (C=O) groups is 2. The summed E-state index contributed by atoms with van der Waals surface area (Å²) >= 11 is 0. The Morgan fingerprint density at radius 3 is 2.00 bits per heavy atom. The van der Waals surface area contributed by atoms with Crippen LogP contribution < -0.4 is 5.32 Å². The molecule has 0 aromatic heterocycles. The Balaban J connectivity index is 5.29. The van der Waals surface area contributed by atoms with Crippen LogP contribution in [0.25, 0.3) is 0 Å². The molecule has 0 aromatic rings. The van der Waals surface area contributed by atoms with Crippen molar-refractivity contribution in [1.29, 1.82) is 0 Å². The Morgan fingerprint density at radius 2 is 1.60 bits per heavy atom. The van der Waals surface area contributed by atoms with Gasteiger partial charge in [-0.2, -0.15) is 0 Å². The van der Waals surface area contributed by atoms with Gasteiger partial charge in [-0.3, -0.25) is 4.79 Å². The van der Waals surface area contributed by atoms with E-state index in [-0.39, 0.29) is 11.8 Å². The molecule has 7 nitrogen and oxygen atoms in total. The maximum Gasteiger partial charge on any atom is 0.405 e. The van der Waals surface area contributed by atoms with Crippen LogP contribution in [0.1, 0.15) is 54.4 Å². The Kier molecular flexibility index (Phi) is 12.2. The Hall–Kier alpha value is -1.34. The van der Waals surface area contributed by atoms with Crippen molar-refractivity contribution in [2.24, 2.45) is 11.8 Å². The minimum Gasteiger partial charge on any atom is -0.465 e. The number of rotatable bonds is 13. The molecule has 0 saturated carbocycles. The van der Waals surface area contributed by atoms with Gasteiger partial charge in [0.25, 0.3) is 0 Å². The van der Waals surface area contributed by atoms with Gasteiger partial charge in [-0.1, -0.05) is 34.1 Å². The van der Waals surface area contributed by atoms with Gasteiger partial charge >= 0.3 is 6.09 Å². The minimum atomic E-state index is -1.19. The molecule has 0 aliphatic carbocycles. The summed E-state index contributed by atoms with van der Waals surface area (Å²) in [5.41, 5.74) is 0. The van der Waals surface area contributed by atoms with E-state index in [1.165, 1.54) is 0 Å². The second-order valence-corrected chi connectivity index (χ2v) is 6.73. The highest BCUT2D eigenvalue weighted by Crippen LogP contribution is 2.13. The predicted molar refractivity (Wildman–Crippen MR) is 97.5 cm³/mol. The van der Waals surface area contributed by atoms with Gasteiger partial charge in [0.1, 0.15) is 6.04 Å². The van der Waals surface area contributed by atoms with Crippen molar-refractivity contribution in [3.05, 3.63) is 0 Å². The maximum atomic E-state index is 13.0. The van der Waals surface area contributed by atoms with E-state index >= 15 is 0 Å². The average molecular weight is 360 g/mol. The molecule has 2 unspecified atom stereocenters. The van der Waals surface area contributed by atoms with Crippen molar-refractivity contribution in [2.45, 2.75) is 66.7 Å². The zero-order chi connectivity index (χ0) is 19.4. The molecular weight excluding hydrogens is 324 g/mol. The number of carboxylic acid groups (broad SMARTS) is 1. The quantitative estimate of drug-likeness (QED) is 0.493. The maximum absolute atomic E-state index is 13.0. The van der Waals surface area contributed by atoms with Crippen molar-refractivity contribution in [2.75, 3.05) is 26.3 Å². The highest BCUT2D eigenvalue weighted by Gasteiger charge is 2.29. The second-order valence-electron chi connectivity index (χ2n) is 6.73. The SMILES string of the molecule is CCOC(CN(CC(C)CC)C(=O)C(CC(C)C)NC(=O)O)OCC. The standard InChI is InChI=1S/C18H36N2O5/c1-7-14(6)11-20(12-16(24-8-2)25-9-3)17(21)15(10-13(4)5)19-18(22)23/h13-16,19H,7-12H2,1-6H3,(H,22,23). The van der Waals surface area contributed by atoms with Crippen molar-refractivity contribution in [3.63, 3.8) is 0 Å². The first-order valence-electron chi connectivity index (χ1n) is 9.26. The van der Waals surface area contributed by atoms with Crippen molar-refractivity contribution < 1.29 is 24.2 Å². The third-order valence-corrected chi connectivity index (χ3v) is 3.92. The van der Waals surface area contributed by atoms with Crippen LogP contribution in [0.5, 0.6) is 0 Å². The molecule has 2 amide bonds. The molecule has 0 radical (unpaired) electrons. The van der Waals surface area contributed by atoms with E-state index in [2.05, 4.69) is 19.2 Å². The lowest BCUT2D eigenvalue weighted by atomic mass is 10.0. The van der Waals surface area contributed by atoms with Gasteiger partial charge in [0.05, 0.1) is 6.54 Å². The smallest absolute Gasteiger partial charge is 0.405 e. The predicted octanol–water partition coefficient (Wildman–Crippen LogP) is 2.94. The van der Waals surface area contributed by atoms with E-state index in [4.69, 9.17) is 14.6 Å². The van der Waals surface area contributed by atoms with Crippen LogP contribution >= 0.6 is 0 Å². The summed E-state index contributed by atoms with van der Waals surface area (Å²) < 4.78 is 11.1. The molecule has 148 valence electrons. The van der Waals surface area contributed by atoms with Gasteiger partial charge in [0, 0.05) is 19.8 Å². The molecule has 0 bridgehead atoms. The van der Waals surface area contributed by atoms with E-state index in [1.807, 2.05) is 27.7 Å². The summed E-state index contributed by atoms with van der Waals surface area (Å²) in [6.45, 7) is 13.6. The average Bonchev–Trinajstić information content (AvgIpc) is 2.52. The third kappa shape index (κ3) is 10.3. The van der Waals surface area contributed by atoms with E-state index in [0.717, 1.165) is 6.42 Å². The van der Waals surface area contributed by atoms with Gasteiger partial charge in [-0.15, -0.1) is 0 Å². The minimum absolute atomic E-state index is 0.195. The highest BCUT2D eigenvalue weighted by molar-refractivity contribution is 5.85. The molecule has 0 rings (SSSR count). The Bertz CT molecular complexity index is 384. The van der Waals surface area contributed by atoms with Gasteiger partial charge in [0.2, 0.25) is 5.91 Å². The molecule has 25 heavy (non-hydrogen) atoms. The lowest BCUT2D eigenvalue weighted by Gasteiger charge is -2.32. The Labute approximate surface area is 152 Å². The largest absolute Gasteiger partial charge is 0.465 e. The lowest BCUT2D eigenvalue weighted by Crippen LogP contribution is -2.52. The van der Waals surface area contributed by atoms with Crippen molar-refractivity contribution in [1.82, 2.24) is 10.2 Å². The Morgan fingerprint density at radius 1 is 1.04 bits per heavy atom. The monoisotopic (exact) mass is 360 g/mol. The second kappa shape index (κ2) is 12.9. The van der Waals surface area contributed by atoms with Crippen LogP contribution in [0.3, 0.4) is 0 Å². The highest BCUT2D eigenvalue weighted by atomic mass is 16.7. The number of hydrogen-bond donors (Lipinski definition) is 2. The van der Waals surface area contributed by atoms with Gasteiger partial charge in [0.15, 0.2) is 6.29 Å². The van der Waals surface area contributed by atoms with Gasteiger partial charge in [-0.05, 0) is 32.1 Å². The molecule has 2 atom stereocenters. The number of nitrogens with one attached hydrogen (secondary N) is 1. The number of hydrogen-bond acceptors (Lipinski definition) is 4. The van der Waals surface area contributed by atoms with Crippen LogP contribution in [0.2, 0.25) is 0 Å². The number of carbonyl (C=O) groups excluding carboxylic acids is 1. The van der Waals surface area contributed by atoms with Crippen LogP contribution in [0.15, 0.2) is 0 Å². The fraction of sp³-hybridized carbons (Fsp3) is 0.889. The van der Waals surface area contributed by atoms with Crippen molar-refractivity contribution >= 4 is 12.0 Å². The zero-order valence-corrected chi connectivity index (χ0v) is 16.6. The molecule has 0 aliphatic rings. The molecule has 0 fully saturated rings. The first kappa shape index (κ1) is 23.7. The molecule has 0 heterocycles. The lowest BCUT2D eigenvalue weighted by molar-refractivity contribution is -0.161. The van der Waals surface area contributed by atoms with Crippen molar-refractivity contribution in [3.8, 4) is 0 Å². The summed E-state index contributed by atoms with van der Waals surface area (Å²) in [5, 5.41) is 11.4. The fourth-order valence-electron chi connectivity index (χ4n) is 2.53. The summed E-state index contributed by atoms with van der Waals surface area (Å²) in [6, 6.07) is -0.759. The molecule has 0 saturated heterocycles. The van der Waals surface area contributed by atoms with Crippen LogP contribution in [-0.2, 0) is 14.3 Å². The normalized spacial score (nSPS) is 13.8. The number of nitrogens with zero attached hydrogens (tertiary/aromatic N) is 1. The first-order valence-corrected chi connectivity index (χ1v) is 9.26. The molecule has 0 spiro atoms. The molecule has 0 aliphatic heterocycles. The summed E-state index contributed by atoms with van der Waals surface area (Å²) in [6.07, 6.45) is -0.309. The van der Waals surface area contributed by atoms with Crippen LogP contribution in [0.4, 0.5) is 4.79 Å². The number of ether oxygens (including phenoxy) is 2.